The van der Waals surface area contributed by atoms with Crippen LogP contribution in [0, 0.1) is 0 Å². The predicted octanol–water partition coefficient (Wildman–Crippen LogP) is 1.44. The maximum atomic E-state index is 12.8. The quantitative estimate of drug-likeness (QED) is 0.721. The second-order valence-electron chi connectivity index (χ2n) is 3.44. The highest BCUT2D eigenvalue weighted by Gasteiger charge is 2.29. The molecule has 4 nitrogen and oxygen atoms in total. The second-order valence-corrected chi connectivity index (χ2v) is 4.73. The van der Waals surface area contributed by atoms with Crippen molar-refractivity contribution in [2.45, 2.75) is 37.3 Å². The van der Waals surface area contributed by atoms with Gasteiger partial charge in [-0.05, 0) is 19.8 Å². The third-order valence-electron chi connectivity index (χ3n) is 2.31. The Morgan fingerprint density at radius 2 is 2.29 bits per heavy atom. The molecule has 0 spiro atoms. The Hall–Kier alpha value is -0.910. The van der Waals surface area contributed by atoms with Crippen molar-refractivity contribution in [2.75, 3.05) is 0 Å². The molecule has 1 aromatic heterocycles. The number of halogens is 1. The number of nitrogens with zero attached hydrogens (tertiary/aromatic N) is 2. The van der Waals surface area contributed by atoms with Gasteiger partial charge in [0.2, 0.25) is 0 Å². The lowest BCUT2D eigenvalue weighted by molar-refractivity contribution is 0.519. The van der Waals surface area contributed by atoms with E-state index in [0.717, 1.165) is 12.8 Å². The molecule has 1 saturated carbocycles. The molecule has 0 atom stereocenters. The van der Waals surface area contributed by atoms with Gasteiger partial charge >= 0.3 is 10.2 Å². The maximum Gasteiger partial charge on any atom is 0.349 e. The lowest BCUT2D eigenvalue weighted by atomic mass is 10.3. The summed E-state index contributed by atoms with van der Waals surface area (Å²) >= 11 is 0. The van der Waals surface area contributed by atoms with E-state index in [1.54, 1.807) is 6.92 Å². The third kappa shape index (κ3) is 1.66. The van der Waals surface area contributed by atoms with Crippen molar-refractivity contribution in [1.29, 1.82) is 0 Å². The molecule has 0 N–H and O–H groups in total. The van der Waals surface area contributed by atoms with Gasteiger partial charge in [-0.15, -0.1) is 0 Å². The highest BCUT2D eigenvalue weighted by atomic mass is 32.3. The van der Waals surface area contributed by atoms with E-state index >= 15 is 0 Å². The van der Waals surface area contributed by atoms with E-state index in [-0.39, 0.29) is 5.03 Å². The molecular weight excluding hydrogens is 207 g/mol. The molecule has 1 aliphatic carbocycles. The molecule has 14 heavy (non-hydrogen) atoms. The molecule has 6 heteroatoms. The zero-order valence-corrected chi connectivity index (χ0v) is 8.59. The molecule has 0 radical (unpaired) electrons. The molecular formula is C8H11FN2O2S. The maximum absolute atomic E-state index is 12.8. The highest BCUT2D eigenvalue weighted by molar-refractivity contribution is 7.86. The zero-order valence-electron chi connectivity index (χ0n) is 7.77. The van der Waals surface area contributed by atoms with Gasteiger partial charge in [-0.25, -0.2) is 0 Å². The van der Waals surface area contributed by atoms with E-state index in [2.05, 4.69) is 5.10 Å². The minimum atomic E-state index is -4.63. The molecule has 1 aliphatic rings. The molecule has 0 bridgehead atoms. The van der Waals surface area contributed by atoms with E-state index in [9.17, 15) is 12.3 Å². The molecule has 1 heterocycles. The van der Waals surface area contributed by atoms with Gasteiger partial charge in [0.15, 0.2) is 5.03 Å². The van der Waals surface area contributed by atoms with Gasteiger partial charge in [-0.1, -0.05) is 3.89 Å². The third-order valence-corrected chi connectivity index (χ3v) is 3.14. The van der Waals surface area contributed by atoms with E-state index in [0.29, 0.717) is 18.2 Å². The molecule has 0 amide bonds. The zero-order chi connectivity index (χ0) is 10.3. The van der Waals surface area contributed by atoms with Gasteiger partial charge in [0.05, 0.1) is 5.69 Å². The Morgan fingerprint density at radius 1 is 1.64 bits per heavy atom. The summed E-state index contributed by atoms with van der Waals surface area (Å²) in [5.74, 6) is 0.336. The average molecular weight is 218 g/mol. The molecule has 0 saturated heterocycles. The van der Waals surface area contributed by atoms with E-state index < -0.39 is 10.2 Å². The van der Waals surface area contributed by atoms with Crippen LogP contribution in [0.3, 0.4) is 0 Å². The number of rotatable bonds is 3. The van der Waals surface area contributed by atoms with E-state index in [1.165, 1.54) is 10.7 Å². The molecule has 0 aliphatic heterocycles. The number of hydrogen-bond donors (Lipinski definition) is 0. The Bertz CT molecular complexity index is 448. The van der Waals surface area contributed by atoms with Crippen LogP contribution in [0.4, 0.5) is 3.89 Å². The fraction of sp³-hybridized carbons (Fsp3) is 0.625. The van der Waals surface area contributed by atoms with Crippen molar-refractivity contribution in [1.82, 2.24) is 9.78 Å². The van der Waals surface area contributed by atoms with Crippen LogP contribution in [0.2, 0.25) is 0 Å². The van der Waals surface area contributed by atoms with Crippen LogP contribution in [0.1, 0.15) is 31.4 Å². The van der Waals surface area contributed by atoms with Crippen molar-refractivity contribution in [3.63, 3.8) is 0 Å². The summed E-state index contributed by atoms with van der Waals surface area (Å²) in [6.07, 6.45) is 2.04. The standard InChI is InChI=1S/C8H11FN2O2S/c1-2-11-8(14(9,12)13)5-7(10-11)6-3-4-6/h5-6H,2-4H2,1H3. The summed E-state index contributed by atoms with van der Waals surface area (Å²) < 4.78 is 35.5. The monoisotopic (exact) mass is 218 g/mol. The van der Waals surface area contributed by atoms with Gasteiger partial charge in [-0.2, -0.15) is 13.5 Å². The summed E-state index contributed by atoms with van der Waals surface area (Å²) in [7, 11) is -4.63. The van der Waals surface area contributed by atoms with Gasteiger partial charge in [0.1, 0.15) is 0 Å². The van der Waals surface area contributed by atoms with Crippen LogP contribution < -0.4 is 0 Å². The summed E-state index contributed by atoms with van der Waals surface area (Å²) in [4.78, 5) is 0. The predicted molar refractivity (Wildman–Crippen MR) is 48.2 cm³/mol. The van der Waals surface area contributed by atoms with Crippen LogP contribution in [-0.4, -0.2) is 18.2 Å². The Balaban J connectivity index is 2.47. The minimum absolute atomic E-state index is 0.318. The van der Waals surface area contributed by atoms with Crippen LogP contribution in [0.15, 0.2) is 11.1 Å². The van der Waals surface area contributed by atoms with Gasteiger partial charge in [0, 0.05) is 18.5 Å². The summed E-state index contributed by atoms with van der Waals surface area (Å²) in [6, 6.07) is 1.34. The smallest absolute Gasteiger partial charge is 0.252 e. The number of aromatic nitrogens is 2. The number of aryl methyl sites for hydroxylation is 1. The minimum Gasteiger partial charge on any atom is -0.252 e. The first kappa shape index (κ1) is 9.64. The molecule has 1 aromatic rings. The van der Waals surface area contributed by atoms with Crippen LogP contribution in [-0.2, 0) is 16.8 Å². The number of hydrogen-bond acceptors (Lipinski definition) is 3. The van der Waals surface area contributed by atoms with Crippen LogP contribution >= 0.6 is 0 Å². The molecule has 78 valence electrons. The van der Waals surface area contributed by atoms with Crippen LogP contribution in [0.5, 0.6) is 0 Å². The summed E-state index contributed by atoms with van der Waals surface area (Å²) in [5, 5.41) is 3.74. The lowest BCUT2D eigenvalue weighted by Gasteiger charge is -1.97. The lowest BCUT2D eigenvalue weighted by Crippen LogP contribution is -2.05. The van der Waals surface area contributed by atoms with Crippen molar-refractivity contribution in [3.8, 4) is 0 Å². The summed E-state index contributed by atoms with van der Waals surface area (Å²) in [6.45, 7) is 2.10. The second kappa shape index (κ2) is 3.05. The highest BCUT2D eigenvalue weighted by Crippen LogP contribution is 2.39. The van der Waals surface area contributed by atoms with Gasteiger partial charge < -0.3 is 0 Å². The Morgan fingerprint density at radius 3 is 2.64 bits per heavy atom. The van der Waals surface area contributed by atoms with E-state index in [4.69, 9.17) is 0 Å². The SMILES string of the molecule is CCn1nc(C2CC2)cc1S(=O)(=O)F. The van der Waals surface area contributed by atoms with Crippen molar-refractivity contribution in [2.24, 2.45) is 0 Å². The van der Waals surface area contributed by atoms with Gasteiger partial charge in [-0.3, -0.25) is 4.68 Å². The molecule has 2 rings (SSSR count). The largest absolute Gasteiger partial charge is 0.349 e. The first-order valence-corrected chi connectivity index (χ1v) is 5.93. The first-order valence-electron chi connectivity index (χ1n) is 4.54. The fourth-order valence-electron chi connectivity index (χ4n) is 1.42. The van der Waals surface area contributed by atoms with Crippen molar-refractivity contribution in [3.05, 3.63) is 11.8 Å². The normalized spacial score (nSPS) is 17.3. The van der Waals surface area contributed by atoms with E-state index in [1.807, 2.05) is 0 Å². The molecule has 1 fully saturated rings. The van der Waals surface area contributed by atoms with Crippen LogP contribution in [0.25, 0.3) is 0 Å². The average Bonchev–Trinajstić information content (AvgIpc) is 2.83. The Kier molecular flexibility index (Phi) is 2.10. The molecule has 0 aromatic carbocycles. The topological polar surface area (TPSA) is 52.0 Å². The fourth-order valence-corrected chi connectivity index (χ4v) is 2.10. The first-order chi connectivity index (χ1) is 6.52. The summed E-state index contributed by atoms with van der Waals surface area (Å²) in [5.41, 5.74) is 0.697. The van der Waals surface area contributed by atoms with Crippen molar-refractivity contribution < 1.29 is 12.3 Å². The van der Waals surface area contributed by atoms with Gasteiger partial charge in [0.25, 0.3) is 0 Å². The molecule has 0 unspecified atom stereocenters. The Labute approximate surface area is 81.9 Å². The van der Waals surface area contributed by atoms with Crippen molar-refractivity contribution >= 4 is 10.2 Å².